The molecule has 3 N–H and O–H groups in total. The first-order valence-electron chi connectivity index (χ1n) is 8.29. The number of hydrogen-bond donors (Lipinski definition) is 2. The molecular weight excluding hydrogens is 380 g/mol. The van der Waals surface area contributed by atoms with Gasteiger partial charge in [-0.15, -0.1) is 12.3 Å². The summed E-state index contributed by atoms with van der Waals surface area (Å²) in [6, 6.07) is 9.48. The number of benzene rings is 2. The Balaban J connectivity index is 2.16. The molecule has 0 heterocycles. The highest BCUT2D eigenvalue weighted by Crippen LogP contribution is 2.22. The maximum atomic E-state index is 12.5. The number of amides is 2. The standard InChI is InChI=1S/C20H20N2O5S/c1-4-5-17(19(21)23)22-20(24)15-8-10-16(11-9-15)27-28(25,26)18-12-13(2)6-7-14(18)3/h1,6-12,17H,5H2,2-3H3,(H2,21,23)(H,22,24)/t17-/m1/s1. The van der Waals surface area contributed by atoms with Crippen LogP contribution >= 0.6 is 0 Å². The monoisotopic (exact) mass is 400 g/mol. The minimum atomic E-state index is -4.02. The van der Waals surface area contributed by atoms with Crippen molar-refractivity contribution in [3.8, 4) is 18.1 Å². The van der Waals surface area contributed by atoms with Crippen LogP contribution in [0.25, 0.3) is 0 Å². The summed E-state index contributed by atoms with van der Waals surface area (Å²) in [5, 5.41) is 2.43. The molecule has 0 radical (unpaired) electrons. The lowest BCUT2D eigenvalue weighted by molar-refractivity contribution is -0.119. The number of carbonyl (C=O) groups is 2. The molecule has 0 aromatic heterocycles. The first-order chi connectivity index (χ1) is 13.1. The van der Waals surface area contributed by atoms with Crippen molar-refractivity contribution in [2.45, 2.75) is 31.2 Å². The molecule has 0 bridgehead atoms. The van der Waals surface area contributed by atoms with Gasteiger partial charge in [0, 0.05) is 12.0 Å². The molecule has 146 valence electrons. The van der Waals surface area contributed by atoms with Crippen LogP contribution < -0.4 is 15.2 Å². The van der Waals surface area contributed by atoms with E-state index in [0.29, 0.717) is 5.56 Å². The summed E-state index contributed by atoms with van der Waals surface area (Å²) >= 11 is 0. The van der Waals surface area contributed by atoms with E-state index in [-0.39, 0.29) is 22.6 Å². The summed E-state index contributed by atoms with van der Waals surface area (Å²) in [4.78, 5) is 23.5. The Morgan fingerprint density at radius 3 is 2.39 bits per heavy atom. The number of aryl methyl sites for hydroxylation is 2. The van der Waals surface area contributed by atoms with Gasteiger partial charge in [0.05, 0.1) is 0 Å². The molecule has 28 heavy (non-hydrogen) atoms. The van der Waals surface area contributed by atoms with Crippen molar-refractivity contribution in [3.05, 3.63) is 59.2 Å². The third-order valence-corrected chi connectivity index (χ3v) is 5.30. The smallest absolute Gasteiger partial charge is 0.339 e. The fourth-order valence-corrected chi connectivity index (χ4v) is 3.64. The maximum Gasteiger partial charge on any atom is 0.339 e. The molecule has 8 heteroatoms. The van der Waals surface area contributed by atoms with Crippen molar-refractivity contribution in [1.82, 2.24) is 5.32 Å². The van der Waals surface area contributed by atoms with Gasteiger partial charge in [0.15, 0.2) is 0 Å². The molecule has 0 saturated heterocycles. The van der Waals surface area contributed by atoms with Crippen molar-refractivity contribution < 1.29 is 22.2 Å². The predicted octanol–water partition coefficient (Wildman–Crippen LogP) is 1.68. The van der Waals surface area contributed by atoms with E-state index in [1.807, 2.05) is 0 Å². The lowest BCUT2D eigenvalue weighted by Crippen LogP contribution is -2.44. The molecule has 2 amide bonds. The van der Waals surface area contributed by atoms with Gasteiger partial charge in [-0.1, -0.05) is 12.1 Å². The molecule has 2 aromatic rings. The average molecular weight is 400 g/mol. The van der Waals surface area contributed by atoms with Crippen molar-refractivity contribution >= 4 is 21.9 Å². The second-order valence-corrected chi connectivity index (χ2v) is 7.68. The Hall–Kier alpha value is -3.31. The van der Waals surface area contributed by atoms with Crippen LogP contribution in [0.1, 0.15) is 27.9 Å². The molecule has 0 saturated carbocycles. The van der Waals surface area contributed by atoms with E-state index in [1.165, 1.54) is 30.3 Å². The Labute approximate surface area is 164 Å². The zero-order chi connectivity index (χ0) is 20.9. The highest BCUT2D eigenvalue weighted by Gasteiger charge is 2.21. The van der Waals surface area contributed by atoms with Crippen molar-refractivity contribution in [2.75, 3.05) is 0 Å². The predicted molar refractivity (Wildman–Crippen MR) is 104 cm³/mol. The van der Waals surface area contributed by atoms with Gasteiger partial charge in [-0.3, -0.25) is 9.59 Å². The van der Waals surface area contributed by atoms with Crippen molar-refractivity contribution in [1.29, 1.82) is 0 Å². The lowest BCUT2D eigenvalue weighted by atomic mass is 10.1. The van der Waals surface area contributed by atoms with Crippen LogP contribution in [-0.4, -0.2) is 26.3 Å². The molecule has 0 unspecified atom stereocenters. The molecule has 0 aliphatic rings. The van der Waals surface area contributed by atoms with Crippen LogP contribution in [0.3, 0.4) is 0 Å². The zero-order valence-corrected chi connectivity index (χ0v) is 16.2. The number of carbonyl (C=O) groups excluding carboxylic acids is 2. The molecule has 1 atom stereocenters. The topological polar surface area (TPSA) is 116 Å². The maximum absolute atomic E-state index is 12.5. The van der Waals surface area contributed by atoms with Gasteiger partial charge in [-0.05, 0) is 55.3 Å². The quantitative estimate of drug-likeness (QED) is 0.542. The Morgan fingerprint density at radius 2 is 1.82 bits per heavy atom. The number of nitrogens with two attached hydrogens (primary N) is 1. The van der Waals surface area contributed by atoms with E-state index in [2.05, 4.69) is 11.2 Å². The van der Waals surface area contributed by atoms with E-state index in [9.17, 15) is 18.0 Å². The fourth-order valence-electron chi connectivity index (χ4n) is 2.39. The average Bonchev–Trinajstić information content (AvgIpc) is 2.63. The van der Waals surface area contributed by atoms with Crippen LogP contribution in [0.15, 0.2) is 47.4 Å². The zero-order valence-electron chi connectivity index (χ0n) is 15.4. The van der Waals surface area contributed by atoms with Gasteiger partial charge in [0.1, 0.15) is 16.7 Å². The molecule has 2 aromatic carbocycles. The Bertz CT molecular complexity index is 1040. The summed E-state index contributed by atoms with van der Waals surface area (Å²) in [6.45, 7) is 3.46. The van der Waals surface area contributed by atoms with Gasteiger partial charge in [-0.2, -0.15) is 8.42 Å². The molecule has 0 spiro atoms. The van der Waals surface area contributed by atoms with Crippen LogP contribution in [0.2, 0.25) is 0 Å². The molecule has 2 rings (SSSR count). The third kappa shape index (κ3) is 5.11. The molecular formula is C20H20N2O5S. The van der Waals surface area contributed by atoms with Crippen LogP contribution in [0.5, 0.6) is 5.75 Å². The number of hydrogen-bond acceptors (Lipinski definition) is 5. The minimum absolute atomic E-state index is 0.0314. The van der Waals surface area contributed by atoms with Crippen LogP contribution in [0.4, 0.5) is 0 Å². The second kappa shape index (κ2) is 8.59. The van der Waals surface area contributed by atoms with Crippen LogP contribution in [0, 0.1) is 26.2 Å². The van der Waals surface area contributed by atoms with Gasteiger partial charge in [-0.25, -0.2) is 0 Å². The Morgan fingerprint density at radius 1 is 1.18 bits per heavy atom. The largest absolute Gasteiger partial charge is 0.379 e. The number of rotatable bonds is 7. The second-order valence-electron chi connectivity index (χ2n) is 6.17. The summed E-state index contributed by atoms with van der Waals surface area (Å²) in [6.07, 6.45) is 5.11. The number of terminal acetylenes is 1. The third-order valence-electron chi connectivity index (χ3n) is 3.91. The van der Waals surface area contributed by atoms with Gasteiger partial charge >= 0.3 is 10.1 Å². The van der Waals surface area contributed by atoms with E-state index in [0.717, 1.165) is 5.56 Å². The van der Waals surface area contributed by atoms with Gasteiger partial charge in [0.25, 0.3) is 5.91 Å². The highest BCUT2D eigenvalue weighted by atomic mass is 32.2. The fraction of sp³-hybridized carbons (Fsp3) is 0.200. The van der Waals surface area contributed by atoms with E-state index < -0.39 is 28.0 Å². The summed E-state index contributed by atoms with van der Waals surface area (Å²) in [7, 11) is -4.02. The van der Waals surface area contributed by atoms with Gasteiger partial charge in [0.2, 0.25) is 5.91 Å². The summed E-state index contributed by atoms with van der Waals surface area (Å²) < 4.78 is 30.2. The number of primary amides is 1. The first kappa shape index (κ1) is 21.0. The number of nitrogens with one attached hydrogen (secondary N) is 1. The van der Waals surface area contributed by atoms with Crippen molar-refractivity contribution in [2.24, 2.45) is 5.73 Å². The van der Waals surface area contributed by atoms with E-state index in [1.54, 1.807) is 26.0 Å². The lowest BCUT2D eigenvalue weighted by Gasteiger charge is -2.13. The minimum Gasteiger partial charge on any atom is -0.379 e. The molecule has 0 aliphatic carbocycles. The normalized spacial score (nSPS) is 11.9. The Kier molecular flexibility index (Phi) is 6.44. The van der Waals surface area contributed by atoms with E-state index in [4.69, 9.17) is 16.3 Å². The first-order valence-corrected chi connectivity index (χ1v) is 9.70. The van der Waals surface area contributed by atoms with Crippen LogP contribution in [-0.2, 0) is 14.9 Å². The molecule has 0 aliphatic heterocycles. The summed E-state index contributed by atoms with van der Waals surface area (Å²) in [5.41, 5.74) is 6.73. The molecule has 0 fully saturated rings. The van der Waals surface area contributed by atoms with E-state index >= 15 is 0 Å². The van der Waals surface area contributed by atoms with Crippen molar-refractivity contribution in [3.63, 3.8) is 0 Å². The van der Waals surface area contributed by atoms with Gasteiger partial charge < -0.3 is 15.2 Å². The highest BCUT2D eigenvalue weighted by molar-refractivity contribution is 7.87. The SMILES string of the molecule is C#CC[C@@H](NC(=O)c1ccc(OS(=O)(=O)c2cc(C)ccc2C)cc1)C(N)=O. The molecule has 7 nitrogen and oxygen atoms in total. The summed E-state index contributed by atoms with van der Waals surface area (Å²) in [5.74, 6) is 1.000.